The van der Waals surface area contributed by atoms with Crippen LogP contribution in [0.1, 0.15) is 0 Å². The Hall–Kier alpha value is -0.550. The van der Waals surface area contributed by atoms with Gasteiger partial charge in [-0.3, -0.25) is 0 Å². The van der Waals surface area contributed by atoms with Gasteiger partial charge in [-0.05, 0) is 12.2 Å². The molecule has 3 aliphatic heterocycles. The van der Waals surface area contributed by atoms with Gasteiger partial charge < -0.3 is 21.9 Å². The molecule has 3 unspecified atom stereocenters. The first-order chi connectivity index (χ1) is 6.92. The molecular weight excluding hydrogens is 216 g/mol. The fourth-order valence-electron chi connectivity index (χ4n) is 1.69. The first-order valence-electron chi connectivity index (χ1n) is 5.12. The molecule has 5 heteroatoms. The minimum atomic E-state index is 0. The lowest BCUT2D eigenvalue weighted by Gasteiger charge is -2.27. The van der Waals surface area contributed by atoms with E-state index in [0.29, 0.717) is 12.2 Å². The number of ether oxygens (including phenoxy) is 2. The maximum absolute atomic E-state index is 5.24. The zero-order chi connectivity index (χ0) is 9.38. The van der Waals surface area contributed by atoms with E-state index >= 15 is 0 Å². The number of quaternary nitrogens is 1. The van der Waals surface area contributed by atoms with Gasteiger partial charge in [-0.2, -0.15) is 0 Å². The van der Waals surface area contributed by atoms with Gasteiger partial charge in [0.2, 0.25) is 0 Å². The molecule has 3 rings (SSSR count). The molecule has 0 radical (unpaired) electrons. The van der Waals surface area contributed by atoms with E-state index in [-0.39, 0.29) is 12.4 Å². The van der Waals surface area contributed by atoms with Gasteiger partial charge in [-0.15, -0.1) is 0 Å². The number of allylic oxidation sites excluding steroid dienone is 2. The topological polar surface area (TPSA) is 32.7 Å². The van der Waals surface area contributed by atoms with Crippen LogP contribution >= 0.6 is 0 Å². The highest BCUT2D eigenvalue weighted by atomic mass is 35.5. The third-order valence-electron chi connectivity index (χ3n) is 2.68. The predicted octanol–water partition coefficient (Wildman–Crippen LogP) is -4.07. The molecule has 2 fully saturated rings. The minimum Gasteiger partial charge on any atom is -1.00 e. The molecule has 0 aliphatic carbocycles. The number of halogens is 1. The van der Waals surface area contributed by atoms with E-state index in [2.05, 4.69) is 29.6 Å². The van der Waals surface area contributed by atoms with Crippen molar-refractivity contribution in [2.75, 3.05) is 26.3 Å². The van der Waals surface area contributed by atoms with Gasteiger partial charge in [-0.25, -0.2) is 10.0 Å². The molecule has 3 heterocycles. The molecule has 3 atom stereocenters. The Labute approximate surface area is 95.5 Å². The molecule has 2 saturated heterocycles. The van der Waals surface area contributed by atoms with Crippen LogP contribution in [0.2, 0.25) is 0 Å². The molecule has 0 spiro atoms. The number of nitrogens with zero attached hydrogens (tertiary/aromatic N) is 1. The maximum atomic E-state index is 5.24. The summed E-state index contributed by atoms with van der Waals surface area (Å²) < 4.78 is 10.5. The molecule has 4 nitrogen and oxygen atoms in total. The summed E-state index contributed by atoms with van der Waals surface area (Å²) in [4.78, 5) is 0. The van der Waals surface area contributed by atoms with Gasteiger partial charge >= 0.3 is 0 Å². The standard InChI is InChI=1S/C10H14N2O2.ClH/c1-2-4-12(6-10-8-14-10)11(3-1)5-9-7-13-9;/h1-4,9-10H,5-8H2;1H. The van der Waals surface area contributed by atoms with Crippen molar-refractivity contribution in [1.29, 1.82) is 0 Å². The number of nitrogens with one attached hydrogen (secondary N) is 1. The monoisotopic (exact) mass is 230 g/mol. The van der Waals surface area contributed by atoms with Crippen LogP contribution < -0.4 is 17.4 Å². The van der Waals surface area contributed by atoms with Crippen LogP contribution in [0.4, 0.5) is 0 Å². The van der Waals surface area contributed by atoms with Gasteiger partial charge in [0.15, 0.2) is 0 Å². The summed E-state index contributed by atoms with van der Waals surface area (Å²) >= 11 is 0. The molecule has 0 aromatic heterocycles. The van der Waals surface area contributed by atoms with Crippen molar-refractivity contribution in [1.82, 2.24) is 5.01 Å². The summed E-state index contributed by atoms with van der Waals surface area (Å²) in [6.07, 6.45) is 9.36. The lowest BCUT2D eigenvalue weighted by Crippen LogP contribution is -3.14. The van der Waals surface area contributed by atoms with Crippen LogP contribution in [0, 0.1) is 0 Å². The van der Waals surface area contributed by atoms with E-state index in [4.69, 9.17) is 9.47 Å². The average molecular weight is 231 g/mol. The van der Waals surface area contributed by atoms with Gasteiger partial charge in [0.25, 0.3) is 0 Å². The second-order valence-corrected chi connectivity index (χ2v) is 3.96. The van der Waals surface area contributed by atoms with E-state index in [1.165, 1.54) is 5.01 Å². The van der Waals surface area contributed by atoms with Crippen LogP contribution in [-0.2, 0) is 9.47 Å². The van der Waals surface area contributed by atoms with E-state index in [1.807, 2.05) is 0 Å². The van der Waals surface area contributed by atoms with E-state index in [9.17, 15) is 0 Å². The van der Waals surface area contributed by atoms with E-state index < -0.39 is 0 Å². The Kier molecular flexibility index (Phi) is 3.31. The Morgan fingerprint density at radius 1 is 1.20 bits per heavy atom. The SMILES string of the molecule is C1=CN(CC2CO2)[NH+](CC2CO2)C=C1.[Cl-]. The molecule has 1 N–H and O–H groups in total. The Morgan fingerprint density at radius 3 is 2.60 bits per heavy atom. The maximum Gasteiger partial charge on any atom is 0.133 e. The van der Waals surface area contributed by atoms with Crippen molar-refractivity contribution < 1.29 is 26.9 Å². The molecule has 0 saturated carbocycles. The lowest BCUT2D eigenvalue weighted by atomic mass is 10.4. The first kappa shape index (κ1) is 11.0. The van der Waals surface area contributed by atoms with Crippen molar-refractivity contribution >= 4 is 0 Å². The molecule has 15 heavy (non-hydrogen) atoms. The Morgan fingerprint density at radius 2 is 1.93 bits per heavy atom. The van der Waals surface area contributed by atoms with E-state index in [0.717, 1.165) is 26.3 Å². The molecule has 3 aliphatic rings. The minimum absolute atomic E-state index is 0. The average Bonchev–Trinajstić information content (AvgIpc) is 3.01. The summed E-state index contributed by atoms with van der Waals surface area (Å²) in [5, 5.41) is 3.63. The van der Waals surface area contributed by atoms with Crippen molar-refractivity contribution in [3.63, 3.8) is 0 Å². The van der Waals surface area contributed by atoms with Crippen LogP contribution in [0.3, 0.4) is 0 Å². The van der Waals surface area contributed by atoms with Crippen molar-refractivity contribution in [3.8, 4) is 0 Å². The third kappa shape index (κ3) is 2.95. The zero-order valence-electron chi connectivity index (χ0n) is 8.43. The number of rotatable bonds is 4. The highest BCUT2D eigenvalue weighted by molar-refractivity contribution is 5.01. The summed E-state index contributed by atoms with van der Waals surface area (Å²) in [7, 11) is 0. The Bertz CT molecular complexity index is 247. The van der Waals surface area contributed by atoms with Crippen LogP contribution in [0.25, 0.3) is 0 Å². The van der Waals surface area contributed by atoms with Crippen LogP contribution in [0.5, 0.6) is 0 Å². The third-order valence-corrected chi connectivity index (χ3v) is 2.68. The van der Waals surface area contributed by atoms with Crippen LogP contribution in [0.15, 0.2) is 24.6 Å². The normalized spacial score (nSPS) is 36.3. The van der Waals surface area contributed by atoms with Gasteiger partial charge in [0.1, 0.15) is 25.0 Å². The zero-order valence-corrected chi connectivity index (χ0v) is 9.19. The summed E-state index contributed by atoms with van der Waals surface area (Å²) in [6, 6.07) is 0. The summed E-state index contributed by atoms with van der Waals surface area (Å²) in [6.45, 7) is 3.87. The summed E-state index contributed by atoms with van der Waals surface area (Å²) in [5.74, 6) is 0. The largest absolute Gasteiger partial charge is 1.00 e. The van der Waals surface area contributed by atoms with Crippen molar-refractivity contribution in [3.05, 3.63) is 24.6 Å². The fourth-order valence-corrected chi connectivity index (χ4v) is 1.69. The summed E-state index contributed by atoms with van der Waals surface area (Å²) in [5.41, 5.74) is 0. The van der Waals surface area contributed by atoms with Gasteiger partial charge in [0.05, 0.1) is 26.0 Å². The quantitative estimate of drug-likeness (QED) is 0.499. The number of epoxide rings is 2. The Balaban J connectivity index is 0.000000853. The van der Waals surface area contributed by atoms with Gasteiger partial charge in [0, 0.05) is 0 Å². The van der Waals surface area contributed by atoms with Crippen molar-refractivity contribution in [2.24, 2.45) is 0 Å². The molecule has 0 bridgehead atoms. The predicted molar refractivity (Wildman–Crippen MR) is 50.3 cm³/mol. The second kappa shape index (κ2) is 4.53. The lowest BCUT2D eigenvalue weighted by molar-refractivity contribution is -0.963. The van der Waals surface area contributed by atoms with Gasteiger partial charge in [-0.1, -0.05) is 0 Å². The molecular formula is C10H15ClN2O2. The number of hydrogen-bond donors (Lipinski definition) is 1. The highest BCUT2D eigenvalue weighted by Gasteiger charge is 2.33. The molecule has 0 aromatic rings. The fraction of sp³-hybridized carbons (Fsp3) is 0.600. The van der Waals surface area contributed by atoms with Crippen LogP contribution in [-0.4, -0.2) is 43.5 Å². The second-order valence-electron chi connectivity index (χ2n) is 3.96. The molecule has 0 amide bonds. The number of hydrogen-bond acceptors (Lipinski definition) is 3. The highest BCUT2D eigenvalue weighted by Crippen LogP contribution is 2.10. The smallest absolute Gasteiger partial charge is 0.133 e. The first-order valence-corrected chi connectivity index (χ1v) is 5.12. The van der Waals surface area contributed by atoms with E-state index in [1.54, 1.807) is 0 Å². The molecule has 0 aromatic carbocycles. The van der Waals surface area contributed by atoms with Crippen molar-refractivity contribution in [2.45, 2.75) is 12.2 Å². The molecule has 84 valence electrons.